The van der Waals surface area contributed by atoms with Crippen molar-refractivity contribution in [2.24, 2.45) is 5.92 Å². The van der Waals surface area contributed by atoms with Crippen LogP contribution in [0.25, 0.3) is 0 Å². The first-order valence-electron chi connectivity index (χ1n) is 5.56. The molecule has 0 radical (unpaired) electrons. The molecular weight excluding hydrogens is 191 g/mol. The number of benzene rings is 1. The fourth-order valence-corrected chi connectivity index (χ4v) is 1.97. The van der Waals surface area contributed by atoms with Gasteiger partial charge >= 0.3 is 0 Å². The molecule has 0 aliphatic carbocycles. The molecule has 0 spiro atoms. The Morgan fingerprint density at radius 1 is 1.27 bits per heavy atom. The summed E-state index contributed by atoms with van der Waals surface area (Å²) in [6.45, 7) is 2.67. The van der Waals surface area contributed by atoms with Crippen molar-refractivity contribution in [1.82, 2.24) is 0 Å². The summed E-state index contributed by atoms with van der Waals surface area (Å²) < 4.78 is 18.1. The predicted molar refractivity (Wildman–Crippen MR) is 58.3 cm³/mol. The fourth-order valence-electron chi connectivity index (χ4n) is 1.97. The monoisotopic (exact) mass is 208 g/mol. The van der Waals surface area contributed by atoms with E-state index in [-0.39, 0.29) is 12.8 Å². The third kappa shape index (κ3) is 2.57. The van der Waals surface area contributed by atoms with Gasteiger partial charge in [0.25, 0.3) is 0 Å². The normalized spacial score (nSPS) is 26.5. The van der Waals surface area contributed by atoms with Crippen LogP contribution in [0.2, 0.25) is 0 Å². The van der Waals surface area contributed by atoms with E-state index in [0.717, 1.165) is 18.6 Å². The van der Waals surface area contributed by atoms with Gasteiger partial charge in [-0.25, -0.2) is 4.39 Å². The lowest BCUT2D eigenvalue weighted by Crippen LogP contribution is -2.18. The largest absolute Gasteiger partial charge is 0.373 e. The van der Waals surface area contributed by atoms with E-state index in [1.807, 2.05) is 24.3 Å². The molecule has 1 heterocycles. The molecule has 2 atom stereocenters. The maximum Gasteiger partial charge on any atom is 0.115 e. The molecular formula is C13H17FO. The minimum atomic E-state index is -0.386. The van der Waals surface area contributed by atoms with Crippen LogP contribution in [-0.4, -0.2) is 6.61 Å². The first-order valence-corrected chi connectivity index (χ1v) is 5.56. The zero-order chi connectivity index (χ0) is 10.7. The van der Waals surface area contributed by atoms with E-state index in [2.05, 4.69) is 6.92 Å². The average molecular weight is 208 g/mol. The molecule has 15 heavy (non-hydrogen) atoms. The second-order valence-corrected chi connectivity index (χ2v) is 4.38. The fraction of sp³-hybridized carbons (Fsp3) is 0.538. The molecule has 1 unspecified atom stereocenters. The summed E-state index contributed by atoms with van der Waals surface area (Å²) in [6, 6.07) is 7.65. The number of hydrogen-bond acceptors (Lipinski definition) is 1. The summed E-state index contributed by atoms with van der Waals surface area (Å²) in [5.74, 6) is 0.673. The topological polar surface area (TPSA) is 9.23 Å². The summed E-state index contributed by atoms with van der Waals surface area (Å²) in [5, 5.41) is 0. The Hall–Kier alpha value is -0.890. The third-order valence-corrected chi connectivity index (χ3v) is 3.01. The molecule has 1 aromatic carbocycles. The zero-order valence-electron chi connectivity index (χ0n) is 9.08. The van der Waals surface area contributed by atoms with E-state index in [1.54, 1.807) is 0 Å². The van der Waals surface area contributed by atoms with Gasteiger partial charge in [-0.3, -0.25) is 0 Å². The van der Waals surface area contributed by atoms with Crippen molar-refractivity contribution in [3.8, 4) is 0 Å². The summed E-state index contributed by atoms with van der Waals surface area (Å²) >= 11 is 0. The third-order valence-electron chi connectivity index (χ3n) is 3.01. The number of halogens is 1. The molecule has 1 fully saturated rings. The minimum absolute atomic E-state index is 0.217. The van der Waals surface area contributed by atoms with E-state index in [4.69, 9.17) is 4.74 Å². The predicted octanol–water partition coefficient (Wildman–Crippen LogP) is 3.64. The lowest BCUT2D eigenvalue weighted by atomic mass is 9.95. The van der Waals surface area contributed by atoms with Gasteiger partial charge < -0.3 is 4.74 Å². The van der Waals surface area contributed by atoms with Crippen LogP contribution in [0.5, 0.6) is 0 Å². The first kappa shape index (κ1) is 10.6. The Morgan fingerprint density at radius 3 is 2.53 bits per heavy atom. The molecule has 0 bridgehead atoms. The summed E-state index contributed by atoms with van der Waals surface area (Å²) in [6.07, 6.45) is 2.51. The molecule has 0 saturated carbocycles. The van der Waals surface area contributed by atoms with Crippen molar-refractivity contribution in [3.63, 3.8) is 0 Å². The number of rotatable bonds is 2. The van der Waals surface area contributed by atoms with Crippen molar-refractivity contribution < 1.29 is 9.13 Å². The van der Waals surface area contributed by atoms with Crippen LogP contribution in [0.1, 0.15) is 37.0 Å². The van der Waals surface area contributed by atoms with Gasteiger partial charge in [-0.2, -0.15) is 0 Å². The standard InChI is InChI=1S/C13H17FO/c1-10-2-7-13(15-9-10)12-5-3-11(8-14)4-6-12/h3-6,10,13H,2,7-9H2,1H3/t10?,13-/m0/s1. The van der Waals surface area contributed by atoms with Crippen molar-refractivity contribution in [2.45, 2.75) is 32.5 Å². The Morgan fingerprint density at radius 2 is 2.00 bits per heavy atom. The van der Waals surface area contributed by atoms with E-state index >= 15 is 0 Å². The lowest BCUT2D eigenvalue weighted by Gasteiger charge is -2.27. The highest BCUT2D eigenvalue weighted by molar-refractivity contribution is 5.24. The molecule has 1 nitrogen and oxygen atoms in total. The molecule has 1 aliphatic heterocycles. The summed E-state index contributed by atoms with van der Waals surface area (Å²) in [4.78, 5) is 0. The molecule has 2 rings (SSSR count). The first-order chi connectivity index (χ1) is 7.29. The summed E-state index contributed by atoms with van der Waals surface area (Å²) in [5.41, 5.74) is 1.92. The Bertz CT molecular complexity index is 299. The van der Waals surface area contributed by atoms with Gasteiger partial charge in [0.2, 0.25) is 0 Å². The maximum absolute atomic E-state index is 12.3. The molecule has 2 heteroatoms. The van der Waals surface area contributed by atoms with E-state index < -0.39 is 0 Å². The van der Waals surface area contributed by atoms with Gasteiger partial charge in [-0.15, -0.1) is 0 Å². The molecule has 1 aromatic rings. The highest BCUT2D eigenvalue weighted by Crippen LogP contribution is 2.30. The van der Waals surface area contributed by atoms with Gasteiger partial charge in [-0.1, -0.05) is 31.2 Å². The van der Waals surface area contributed by atoms with E-state index in [9.17, 15) is 4.39 Å². The van der Waals surface area contributed by atoms with E-state index in [0.29, 0.717) is 5.92 Å². The smallest absolute Gasteiger partial charge is 0.115 e. The van der Waals surface area contributed by atoms with Crippen LogP contribution in [-0.2, 0) is 11.4 Å². The number of ether oxygens (including phenoxy) is 1. The van der Waals surface area contributed by atoms with Gasteiger partial charge in [0.15, 0.2) is 0 Å². The van der Waals surface area contributed by atoms with Crippen LogP contribution in [0.4, 0.5) is 4.39 Å². The van der Waals surface area contributed by atoms with Gasteiger partial charge in [0.05, 0.1) is 6.10 Å². The Labute approximate surface area is 90.3 Å². The van der Waals surface area contributed by atoms with E-state index in [1.165, 1.54) is 12.0 Å². The van der Waals surface area contributed by atoms with Crippen LogP contribution < -0.4 is 0 Å². The summed E-state index contributed by atoms with van der Waals surface area (Å²) in [7, 11) is 0. The van der Waals surface area contributed by atoms with Crippen LogP contribution >= 0.6 is 0 Å². The van der Waals surface area contributed by atoms with Gasteiger partial charge in [-0.05, 0) is 29.9 Å². The highest BCUT2D eigenvalue weighted by atomic mass is 19.1. The van der Waals surface area contributed by atoms with Crippen molar-refractivity contribution in [2.75, 3.05) is 6.61 Å². The maximum atomic E-state index is 12.3. The molecule has 0 aromatic heterocycles. The van der Waals surface area contributed by atoms with Gasteiger partial charge in [0, 0.05) is 6.61 Å². The zero-order valence-corrected chi connectivity index (χ0v) is 9.08. The average Bonchev–Trinajstić information content (AvgIpc) is 2.30. The van der Waals surface area contributed by atoms with Crippen LogP contribution in [0.15, 0.2) is 24.3 Å². The molecule has 1 saturated heterocycles. The van der Waals surface area contributed by atoms with Crippen molar-refractivity contribution >= 4 is 0 Å². The molecule has 1 aliphatic rings. The second-order valence-electron chi connectivity index (χ2n) is 4.38. The molecule has 0 N–H and O–H groups in total. The van der Waals surface area contributed by atoms with Crippen LogP contribution in [0, 0.1) is 5.92 Å². The lowest BCUT2D eigenvalue weighted by molar-refractivity contribution is -0.0123. The quantitative estimate of drug-likeness (QED) is 0.721. The number of alkyl halides is 1. The van der Waals surface area contributed by atoms with Crippen molar-refractivity contribution in [3.05, 3.63) is 35.4 Å². The van der Waals surface area contributed by atoms with Crippen LogP contribution in [0.3, 0.4) is 0 Å². The van der Waals surface area contributed by atoms with Gasteiger partial charge in [0.1, 0.15) is 6.67 Å². The van der Waals surface area contributed by atoms with Crippen molar-refractivity contribution in [1.29, 1.82) is 0 Å². The highest BCUT2D eigenvalue weighted by Gasteiger charge is 2.19. The minimum Gasteiger partial charge on any atom is -0.373 e. The molecule has 82 valence electrons. The number of hydrogen-bond donors (Lipinski definition) is 0. The Kier molecular flexibility index (Phi) is 3.37. The Balaban J connectivity index is 2.03. The second kappa shape index (κ2) is 4.75. The molecule has 0 amide bonds. The SMILES string of the molecule is CC1CC[C@@H](c2ccc(CF)cc2)OC1.